The summed E-state index contributed by atoms with van der Waals surface area (Å²) in [6, 6.07) is 0. The summed E-state index contributed by atoms with van der Waals surface area (Å²) in [7, 11) is 1.90. The summed E-state index contributed by atoms with van der Waals surface area (Å²) in [6.07, 6.45) is 42.2. The standard InChI is InChI=1S/C45H94NO6P/c1-7-9-11-13-15-17-19-21-23-25-27-29-31-33-35-37-39-49-42-45(43-51-53(47,48)52-44(3)41-46(4,5)6)50-40-38-36-34-32-30-28-26-24-22-20-18-16-14-12-10-8-2/h44-45H,7-43H2,1-6H3/p+1/t44?,45-/m1/s1. The van der Waals surface area contributed by atoms with Gasteiger partial charge in [-0.25, -0.2) is 4.57 Å². The zero-order valence-electron chi connectivity index (χ0n) is 36.7. The lowest BCUT2D eigenvalue weighted by Gasteiger charge is -2.28. The van der Waals surface area contributed by atoms with Gasteiger partial charge in [0.25, 0.3) is 0 Å². The van der Waals surface area contributed by atoms with Crippen molar-refractivity contribution in [2.24, 2.45) is 0 Å². The van der Waals surface area contributed by atoms with Gasteiger partial charge in [0.2, 0.25) is 0 Å². The van der Waals surface area contributed by atoms with E-state index in [1.807, 2.05) is 28.1 Å². The number of rotatable bonds is 44. The van der Waals surface area contributed by atoms with E-state index in [1.54, 1.807) is 0 Å². The van der Waals surface area contributed by atoms with E-state index in [9.17, 15) is 9.46 Å². The number of hydrogen-bond donors (Lipinski definition) is 1. The molecule has 0 aliphatic rings. The Balaban J connectivity index is 4.12. The van der Waals surface area contributed by atoms with Crippen LogP contribution in [0.4, 0.5) is 0 Å². The SMILES string of the molecule is CCCCCCCCCCCCCCCCCCOC[C@H](COP(=O)(O)OC(C)C[N+](C)(C)C)OCCCCCCCCCCCCCCCCCC. The minimum absolute atomic E-state index is 0.0112. The van der Waals surface area contributed by atoms with E-state index < -0.39 is 13.9 Å². The molecule has 1 N–H and O–H groups in total. The third kappa shape index (κ3) is 43.0. The van der Waals surface area contributed by atoms with E-state index in [1.165, 1.54) is 186 Å². The molecule has 0 aliphatic heterocycles. The smallest absolute Gasteiger partial charge is 0.379 e. The number of phosphoric acid groups is 1. The van der Waals surface area contributed by atoms with Crippen LogP contribution in [0.15, 0.2) is 0 Å². The van der Waals surface area contributed by atoms with Crippen molar-refractivity contribution >= 4 is 7.82 Å². The Morgan fingerprint density at radius 1 is 0.491 bits per heavy atom. The monoisotopic (exact) mass is 777 g/mol. The molecule has 0 heterocycles. The highest BCUT2D eigenvalue weighted by Crippen LogP contribution is 2.45. The van der Waals surface area contributed by atoms with Crippen LogP contribution < -0.4 is 0 Å². The highest BCUT2D eigenvalue weighted by Gasteiger charge is 2.29. The fraction of sp³-hybridized carbons (Fsp3) is 1.00. The Labute approximate surface area is 332 Å². The van der Waals surface area contributed by atoms with Crippen molar-refractivity contribution in [3.63, 3.8) is 0 Å². The first kappa shape index (κ1) is 53.0. The van der Waals surface area contributed by atoms with Crippen LogP contribution in [0, 0.1) is 0 Å². The van der Waals surface area contributed by atoms with Gasteiger partial charge in [0.1, 0.15) is 18.8 Å². The molecule has 0 fully saturated rings. The van der Waals surface area contributed by atoms with Crippen LogP contribution in [0.1, 0.15) is 226 Å². The second-order valence-electron chi connectivity index (χ2n) is 17.3. The Morgan fingerprint density at radius 3 is 1.15 bits per heavy atom. The first-order valence-corrected chi connectivity index (χ1v) is 24.7. The van der Waals surface area contributed by atoms with Crippen molar-refractivity contribution in [2.45, 2.75) is 238 Å². The van der Waals surface area contributed by atoms with E-state index in [2.05, 4.69) is 13.8 Å². The van der Waals surface area contributed by atoms with Gasteiger partial charge in [0.15, 0.2) is 0 Å². The molecule has 0 rings (SSSR count). The van der Waals surface area contributed by atoms with Crippen LogP contribution in [-0.4, -0.2) is 75.7 Å². The molecule has 2 unspecified atom stereocenters. The molecule has 0 radical (unpaired) electrons. The van der Waals surface area contributed by atoms with Gasteiger partial charge < -0.3 is 18.9 Å². The normalized spacial score (nSPS) is 14.5. The van der Waals surface area contributed by atoms with E-state index in [0.717, 1.165) is 19.3 Å². The van der Waals surface area contributed by atoms with E-state index in [0.29, 0.717) is 30.8 Å². The van der Waals surface area contributed by atoms with Gasteiger partial charge in [0, 0.05) is 13.2 Å². The molecule has 0 bridgehead atoms. The predicted octanol–water partition coefficient (Wildman–Crippen LogP) is 14.1. The van der Waals surface area contributed by atoms with Gasteiger partial charge >= 0.3 is 7.82 Å². The number of quaternary nitrogens is 1. The van der Waals surface area contributed by atoms with E-state index in [4.69, 9.17) is 18.5 Å². The van der Waals surface area contributed by atoms with Crippen LogP contribution in [0.3, 0.4) is 0 Å². The number of ether oxygens (including phenoxy) is 2. The zero-order chi connectivity index (χ0) is 39.1. The van der Waals surface area contributed by atoms with Gasteiger partial charge in [-0.05, 0) is 19.8 Å². The average molecular weight is 777 g/mol. The number of unbranched alkanes of at least 4 members (excludes halogenated alkanes) is 30. The molecule has 0 saturated heterocycles. The number of hydrogen-bond acceptors (Lipinski definition) is 5. The molecular weight excluding hydrogens is 681 g/mol. The summed E-state index contributed by atoms with van der Waals surface area (Å²) < 4.78 is 36.3. The predicted molar refractivity (Wildman–Crippen MR) is 229 cm³/mol. The highest BCUT2D eigenvalue weighted by molar-refractivity contribution is 7.47. The van der Waals surface area contributed by atoms with Crippen LogP contribution in [-0.2, 0) is 23.1 Å². The van der Waals surface area contributed by atoms with Crippen molar-refractivity contribution < 1.29 is 32.5 Å². The van der Waals surface area contributed by atoms with Crippen LogP contribution in [0.5, 0.6) is 0 Å². The second-order valence-corrected chi connectivity index (χ2v) is 18.7. The molecule has 8 heteroatoms. The molecule has 0 spiro atoms. The first-order valence-electron chi connectivity index (χ1n) is 23.2. The van der Waals surface area contributed by atoms with Gasteiger partial charge in [-0.15, -0.1) is 0 Å². The van der Waals surface area contributed by atoms with Crippen LogP contribution >= 0.6 is 7.82 Å². The summed E-state index contributed by atoms with van der Waals surface area (Å²) in [5.74, 6) is 0. The lowest BCUT2D eigenvalue weighted by atomic mass is 10.0. The Morgan fingerprint density at radius 2 is 0.811 bits per heavy atom. The molecular formula is C45H95NO6P+. The van der Waals surface area contributed by atoms with Gasteiger partial charge in [0.05, 0.1) is 34.4 Å². The number of nitrogens with zero attached hydrogens (tertiary/aromatic N) is 1. The zero-order valence-corrected chi connectivity index (χ0v) is 37.6. The molecule has 53 heavy (non-hydrogen) atoms. The first-order chi connectivity index (χ1) is 25.6. The lowest BCUT2D eigenvalue weighted by molar-refractivity contribution is -0.873. The third-order valence-electron chi connectivity index (χ3n) is 10.3. The lowest BCUT2D eigenvalue weighted by Crippen LogP contribution is -2.41. The Hall–Kier alpha value is -0.0100. The molecule has 3 atom stereocenters. The summed E-state index contributed by atoms with van der Waals surface area (Å²) in [6.45, 7) is 8.64. The van der Waals surface area contributed by atoms with Crippen LogP contribution in [0.2, 0.25) is 0 Å². The van der Waals surface area contributed by atoms with Crippen molar-refractivity contribution in [3.05, 3.63) is 0 Å². The fourth-order valence-electron chi connectivity index (χ4n) is 7.25. The third-order valence-corrected chi connectivity index (χ3v) is 11.4. The minimum atomic E-state index is -4.19. The molecule has 0 aromatic carbocycles. The molecule has 0 aromatic rings. The van der Waals surface area contributed by atoms with Crippen LogP contribution in [0.25, 0.3) is 0 Å². The quantitative estimate of drug-likeness (QED) is 0.0377. The van der Waals surface area contributed by atoms with E-state index in [-0.39, 0.29) is 12.7 Å². The highest BCUT2D eigenvalue weighted by atomic mass is 31.2. The van der Waals surface area contributed by atoms with Crippen molar-refractivity contribution in [1.82, 2.24) is 0 Å². The maximum absolute atomic E-state index is 12.7. The summed E-state index contributed by atoms with van der Waals surface area (Å²) >= 11 is 0. The summed E-state index contributed by atoms with van der Waals surface area (Å²) in [5.41, 5.74) is 0. The fourth-order valence-corrected chi connectivity index (χ4v) is 8.19. The van der Waals surface area contributed by atoms with Crippen molar-refractivity contribution in [3.8, 4) is 0 Å². The van der Waals surface area contributed by atoms with Gasteiger partial charge in [-0.3, -0.25) is 9.05 Å². The summed E-state index contributed by atoms with van der Waals surface area (Å²) in [5, 5.41) is 0. The van der Waals surface area contributed by atoms with E-state index >= 15 is 0 Å². The summed E-state index contributed by atoms with van der Waals surface area (Å²) in [4.78, 5) is 10.4. The number of phosphoric ester groups is 1. The molecule has 320 valence electrons. The molecule has 0 aromatic heterocycles. The molecule has 7 nitrogen and oxygen atoms in total. The van der Waals surface area contributed by atoms with Gasteiger partial charge in [-0.2, -0.15) is 0 Å². The average Bonchev–Trinajstić information content (AvgIpc) is 3.09. The largest absolute Gasteiger partial charge is 0.472 e. The Bertz CT molecular complexity index is 779. The van der Waals surface area contributed by atoms with Crippen molar-refractivity contribution in [1.29, 1.82) is 0 Å². The molecule has 0 amide bonds. The number of likely N-dealkylation sites (N-methyl/N-ethyl adjacent to an activating group) is 1. The maximum atomic E-state index is 12.7. The topological polar surface area (TPSA) is 74.2 Å². The van der Waals surface area contributed by atoms with Gasteiger partial charge in [-0.1, -0.05) is 206 Å². The molecule has 0 saturated carbocycles. The molecule has 0 aliphatic carbocycles. The van der Waals surface area contributed by atoms with Crippen molar-refractivity contribution in [2.75, 3.05) is 54.1 Å². The Kier molecular flexibility index (Phi) is 38.8. The second kappa shape index (κ2) is 38.8. The maximum Gasteiger partial charge on any atom is 0.472 e. The minimum Gasteiger partial charge on any atom is -0.379 e.